The van der Waals surface area contributed by atoms with Crippen molar-refractivity contribution in [2.75, 3.05) is 0 Å². The molecule has 2 rings (SSSR count). The molecule has 1 heterocycles. The molecule has 0 spiro atoms. The maximum absolute atomic E-state index is 10.9. The molecule has 0 unspecified atom stereocenters. The van der Waals surface area contributed by atoms with E-state index < -0.39 is 5.97 Å². The highest BCUT2D eigenvalue weighted by Gasteiger charge is 2.22. The van der Waals surface area contributed by atoms with E-state index in [0.717, 1.165) is 36.8 Å². The molecule has 1 aromatic heterocycles. The first-order chi connectivity index (χ1) is 10.0. The Labute approximate surface area is 125 Å². The number of rotatable bonds is 7. The summed E-state index contributed by atoms with van der Waals surface area (Å²) >= 11 is 0. The minimum Gasteiger partial charge on any atom is -0.475 e. The molecule has 4 heteroatoms. The van der Waals surface area contributed by atoms with Gasteiger partial charge in [-0.05, 0) is 43.0 Å². The van der Waals surface area contributed by atoms with Gasteiger partial charge < -0.3 is 14.8 Å². The summed E-state index contributed by atoms with van der Waals surface area (Å²) < 4.78 is 5.27. The second-order valence-corrected chi connectivity index (χ2v) is 5.48. The fourth-order valence-electron chi connectivity index (χ4n) is 2.72. The Kier molecular flexibility index (Phi) is 4.68. The Bertz CT molecular complexity index is 618. The van der Waals surface area contributed by atoms with Gasteiger partial charge in [-0.1, -0.05) is 26.8 Å². The summed E-state index contributed by atoms with van der Waals surface area (Å²) in [6.45, 7) is 7.40. The fraction of sp³-hybridized carbons (Fsp3) is 0.471. The molecule has 21 heavy (non-hydrogen) atoms. The lowest BCUT2D eigenvalue weighted by Crippen LogP contribution is -2.43. The van der Waals surface area contributed by atoms with Crippen LogP contribution in [0.3, 0.4) is 0 Å². The molecule has 4 nitrogen and oxygen atoms in total. The van der Waals surface area contributed by atoms with Crippen LogP contribution in [0.2, 0.25) is 0 Å². The van der Waals surface area contributed by atoms with Crippen LogP contribution in [0.25, 0.3) is 11.0 Å². The fourth-order valence-corrected chi connectivity index (χ4v) is 2.72. The van der Waals surface area contributed by atoms with Gasteiger partial charge in [0.05, 0.1) is 0 Å². The molecular weight excluding hydrogens is 266 g/mol. The Hall–Kier alpha value is -1.81. The van der Waals surface area contributed by atoms with Crippen molar-refractivity contribution in [3.8, 4) is 0 Å². The number of aromatic carboxylic acids is 1. The quantitative estimate of drug-likeness (QED) is 0.802. The molecule has 0 aliphatic heterocycles. The molecule has 0 fully saturated rings. The zero-order chi connectivity index (χ0) is 15.5. The number of carboxylic acid groups (broad SMARTS) is 1. The molecule has 2 aromatic rings. The highest BCUT2D eigenvalue weighted by atomic mass is 16.4. The van der Waals surface area contributed by atoms with Crippen LogP contribution in [0.5, 0.6) is 0 Å². The molecule has 0 saturated carbocycles. The second kappa shape index (κ2) is 6.31. The Morgan fingerprint density at radius 2 is 1.86 bits per heavy atom. The summed E-state index contributed by atoms with van der Waals surface area (Å²) in [4.78, 5) is 10.9. The van der Waals surface area contributed by atoms with E-state index in [1.807, 2.05) is 18.2 Å². The predicted molar refractivity (Wildman–Crippen MR) is 83.6 cm³/mol. The molecule has 114 valence electrons. The third kappa shape index (κ3) is 3.27. The van der Waals surface area contributed by atoms with Gasteiger partial charge in [0, 0.05) is 17.5 Å². The Balaban J connectivity index is 2.17. The summed E-state index contributed by atoms with van der Waals surface area (Å²) in [5, 5.41) is 13.4. The molecule has 2 N–H and O–H groups in total. The summed E-state index contributed by atoms with van der Waals surface area (Å²) in [5.74, 6) is -1.05. The highest BCUT2D eigenvalue weighted by molar-refractivity contribution is 5.91. The monoisotopic (exact) mass is 289 g/mol. The van der Waals surface area contributed by atoms with Crippen molar-refractivity contribution >= 4 is 16.9 Å². The van der Waals surface area contributed by atoms with Crippen molar-refractivity contribution in [2.24, 2.45) is 0 Å². The summed E-state index contributed by atoms with van der Waals surface area (Å²) in [6.07, 6.45) is 3.28. The van der Waals surface area contributed by atoms with E-state index in [0.29, 0.717) is 5.58 Å². The first-order valence-corrected chi connectivity index (χ1v) is 7.54. The minimum atomic E-state index is -1.03. The molecule has 0 aliphatic rings. The van der Waals surface area contributed by atoms with E-state index in [1.54, 1.807) is 6.07 Å². The van der Waals surface area contributed by atoms with Crippen LogP contribution in [0, 0.1) is 0 Å². The summed E-state index contributed by atoms with van der Waals surface area (Å²) in [6, 6.07) is 7.39. The van der Waals surface area contributed by atoms with Gasteiger partial charge in [0.2, 0.25) is 5.76 Å². The van der Waals surface area contributed by atoms with Gasteiger partial charge in [0.25, 0.3) is 0 Å². The number of nitrogens with one attached hydrogen (secondary N) is 1. The molecule has 0 atom stereocenters. The van der Waals surface area contributed by atoms with Gasteiger partial charge in [-0.25, -0.2) is 4.79 Å². The molecular formula is C17H23NO3. The van der Waals surface area contributed by atoms with Crippen LogP contribution in [-0.4, -0.2) is 16.6 Å². The number of fused-ring (bicyclic) bond motifs is 1. The van der Waals surface area contributed by atoms with Gasteiger partial charge in [0.1, 0.15) is 5.58 Å². The standard InChI is InChI=1S/C17H23NO3/c1-4-17(5-2,6-3)18-11-12-7-8-14-13(9-12)10-15(21-14)16(19)20/h7-10,18H,4-6,11H2,1-3H3,(H,19,20). The Morgan fingerprint density at radius 3 is 2.43 bits per heavy atom. The maximum atomic E-state index is 10.9. The number of carboxylic acids is 1. The van der Waals surface area contributed by atoms with Crippen molar-refractivity contribution in [3.05, 3.63) is 35.6 Å². The number of furan rings is 1. The molecule has 0 bridgehead atoms. The number of carbonyl (C=O) groups is 1. The van der Waals surface area contributed by atoms with Crippen LogP contribution in [-0.2, 0) is 6.54 Å². The third-order valence-corrected chi connectivity index (χ3v) is 4.49. The van der Waals surface area contributed by atoms with Crippen molar-refractivity contribution < 1.29 is 14.3 Å². The molecule has 0 saturated heterocycles. The number of hydrogen-bond donors (Lipinski definition) is 2. The van der Waals surface area contributed by atoms with Gasteiger partial charge in [-0.15, -0.1) is 0 Å². The highest BCUT2D eigenvalue weighted by Crippen LogP contribution is 2.23. The third-order valence-electron chi connectivity index (χ3n) is 4.49. The van der Waals surface area contributed by atoms with Crippen LogP contribution < -0.4 is 5.32 Å². The summed E-state index contributed by atoms with van der Waals surface area (Å²) in [5.41, 5.74) is 1.93. The Morgan fingerprint density at radius 1 is 1.19 bits per heavy atom. The lowest BCUT2D eigenvalue weighted by molar-refractivity contribution is 0.0665. The van der Waals surface area contributed by atoms with E-state index >= 15 is 0 Å². The zero-order valence-corrected chi connectivity index (χ0v) is 12.9. The largest absolute Gasteiger partial charge is 0.475 e. The van der Waals surface area contributed by atoms with E-state index in [2.05, 4.69) is 26.1 Å². The lowest BCUT2D eigenvalue weighted by Gasteiger charge is -2.32. The first-order valence-electron chi connectivity index (χ1n) is 7.54. The zero-order valence-electron chi connectivity index (χ0n) is 12.9. The molecule has 0 aliphatic carbocycles. The first kappa shape index (κ1) is 15.6. The normalized spacial score (nSPS) is 12.0. The van der Waals surface area contributed by atoms with Crippen molar-refractivity contribution in [1.82, 2.24) is 5.32 Å². The topological polar surface area (TPSA) is 62.5 Å². The molecule has 0 radical (unpaired) electrons. The van der Waals surface area contributed by atoms with Crippen molar-refractivity contribution in [3.63, 3.8) is 0 Å². The van der Waals surface area contributed by atoms with Crippen LogP contribution in [0.1, 0.15) is 56.2 Å². The summed E-state index contributed by atoms with van der Waals surface area (Å²) in [7, 11) is 0. The van der Waals surface area contributed by atoms with Gasteiger partial charge in [-0.2, -0.15) is 0 Å². The molecule has 1 aromatic carbocycles. The van der Waals surface area contributed by atoms with E-state index in [9.17, 15) is 4.79 Å². The van der Waals surface area contributed by atoms with Gasteiger partial charge in [-0.3, -0.25) is 0 Å². The SMILES string of the molecule is CCC(CC)(CC)NCc1ccc2oc(C(=O)O)cc2c1. The van der Waals surface area contributed by atoms with E-state index in [4.69, 9.17) is 9.52 Å². The minimum absolute atomic E-state index is 0.0138. The van der Waals surface area contributed by atoms with Crippen molar-refractivity contribution in [2.45, 2.75) is 52.1 Å². The smallest absolute Gasteiger partial charge is 0.371 e. The van der Waals surface area contributed by atoms with Crippen molar-refractivity contribution in [1.29, 1.82) is 0 Å². The predicted octanol–water partition coefficient (Wildman–Crippen LogP) is 4.19. The average Bonchev–Trinajstić information content (AvgIpc) is 2.93. The van der Waals surface area contributed by atoms with Crippen LogP contribution in [0.15, 0.2) is 28.7 Å². The second-order valence-electron chi connectivity index (χ2n) is 5.48. The van der Waals surface area contributed by atoms with Gasteiger partial charge in [0.15, 0.2) is 0 Å². The maximum Gasteiger partial charge on any atom is 0.371 e. The number of hydrogen-bond acceptors (Lipinski definition) is 3. The van der Waals surface area contributed by atoms with Crippen LogP contribution in [0.4, 0.5) is 0 Å². The van der Waals surface area contributed by atoms with E-state index in [-0.39, 0.29) is 11.3 Å². The van der Waals surface area contributed by atoms with E-state index in [1.165, 1.54) is 0 Å². The van der Waals surface area contributed by atoms with Gasteiger partial charge >= 0.3 is 5.97 Å². The van der Waals surface area contributed by atoms with Crippen LogP contribution >= 0.6 is 0 Å². The average molecular weight is 289 g/mol. The number of benzene rings is 1. The molecule has 0 amide bonds. The lowest BCUT2D eigenvalue weighted by atomic mass is 9.89.